The highest BCUT2D eigenvalue weighted by Crippen LogP contribution is 2.27. The lowest BCUT2D eigenvalue weighted by atomic mass is 9.87. The van der Waals surface area contributed by atoms with Gasteiger partial charge in [-0.2, -0.15) is 0 Å². The third kappa shape index (κ3) is 4.38. The Morgan fingerprint density at radius 1 is 0.800 bits per heavy atom. The van der Waals surface area contributed by atoms with Crippen LogP contribution in [0.4, 0.5) is 5.69 Å². The zero-order chi connectivity index (χ0) is 18.2. The Labute approximate surface area is 155 Å². The Kier molecular flexibility index (Phi) is 5.18. The van der Waals surface area contributed by atoms with Gasteiger partial charge in [0.05, 0.1) is 0 Å². The normalized spacial score (nSPS) is 24.1. The van der Waals surface area contributed by atoms with E-state index < -0.39 is 0 Å². The van der Waals surface area contributed by atoms with Gasteiger partial charge >= 0.3 is 0 Å². The summed E-state index contributed by atoms with van der Waals surface area (Å²) < 4.78 is 0. The van der Waals surface area contributed by atoms with Crippen LogP contribution in [0.2, 0.25) is 0 Å². The third-order valence-electron chi connectivity index (χ3n) is 6.04. The topological polar surface area (TPSA) is 9.72 Å². The maximum atomic E-state index is 2.73. The molecule has 0 radical (unpaired) electrons. The Balaban J connectivity index is 1.54. The molecule has 2 aliphatic rings. The summed E-state index contributed by atoms with van der Waals surface area (Å²) in [6.45, 7) is 21.1. The Bertz CT molecular complexity index is 556. The van der Waals surface area contributed by atoms with Crippen LogP contribution < -0.4 is 4.90 Å². The highest BCUT2D eigenvalue weighted by atomic mass is 15.3. The Morgan fingerprint density at radius 3 is 1.88 bits per heavy atom. The molecule has 1 unspecified atom stereocenters. The van der Waals surface area contributed by atoms with E-state index in [0.29, 0.717) is 5.54 Å². The number of anilines is 1. The van der Waals surface area contributed by atoms with Crippen LogP contribution in [0.5, 0.6) is 0 Å². The molecular weight excluding hydrogens is 306 g/mol. The summed E-state index contributed by atoms with van der Waals surface area (Å²) in [5.74, 6) is 0. The largest absolute Gasteiger partial charge is 0.369 e. The van der Waals surface area contributed by atoms with Crippen molar-refractivity contribution in [3.05, 3.63) is 29.8 Å². The highest BCUT2D eigenvalue weighted by Gasteiger charge is 2.34. The van der Waals surface area contributed by atoms with E-state index in [9.17, 15) is 0 Å². The van der Waals surface area contributed by atoms with Crippen LogP contribution in [0.1, 0.15) is 53.5 Å². The molecule has 2 fully saturated rings. The fraction of sp³-hybridized carbons (Fsp3) is 0.727. The minimum absolute atomic E-state index is 0.235. The van der Waals surface area contributed by atoms with Gasteiger partial charge in [-0.3, -0.25) is 9.80 Å². The number of hydrogen-bond acceptors (Lipinski definition) is 3. The zero-order valence-corrected chi connectivity index (χ0v) is 17.2. The van der Waals surface area contributed by atoms with Crippen molar-refractivity contribution in [2.24, 2.45) is 0 Å². The van der Waals surface area contributed by atoms with Gasteiger partial charge in [0.1, 0.15) is 0 Å². The Hall–Kier alpha value is -1.06. The van der Waals surface area contributed by atoms with Crippen molar-refractivity contribution in [2.75, 3.05) is 44.2 Å². The molecule has 25 heavy (non-hydrogen) atoms. The average Bonchev–Trinajstić information content (AvgIpc) is 3.05. The van der Waals surface area contributed by atoms with Gasteiger partial charge < -0.3 is 4.90 Å². The summed E-state index contributed by atoms with van der Waals surface area (Å²) in [7, 11) is 0. The zero-order valence-electron chi connectivity index (χ0n) is 17.2. The molecule has 2 saturated heterocycles. The van der Waals surface area contributed by atoms with Crippen LogP contribution in [-0.4, -0.2) is 60.6 Å². The van der Waals surface area contributed by atoms with Crippen molar-refractivity contribution in [3.8, 4) is 0 Å². The number of nitrogens with zero attached hydrogens (tertiary/aromatic N) is 3. The van der Waals surface area contributed by atoms with Gasteiger partial charge in [-0.1, -0.05) is 32.9 Å². The molecule has 2 aliphatic heterocycles. The highest BCUT2D eigenvalue weighted by molar-refractivity contribution is 5.49. The molecule has 0 bridgehead atoms. The van der Waals surface area contributed by atoms with E-state index in [4.69, 9.17) is 0 Å². The smallest absolute Gasteiger partial charge is 0.0367 e. The monoisotopic (exact) mass is 343 g/mol. The number of hydrogen-bond donors (Lipinski definition) is 0. The molecule has 1 aromatic rings. The lowest BCUT2D eigenvalue weighted by Crippen LogP contribution is -2.51. The average molecular weight is 344 g/mol. The molecule has 3 rings (SSSR count). The first-order chi connectivity index (χ1) is 11.6. The van der Waals surface area contributed by atoms with E-state index in [1.807, 2.05) is 0 Å². The predicted octanol–water partition coefficient (Wildman–Crippen LogP) is 3.98. The van der Waals surface area contributed by atoms with Gasteiger partial charge in [-0.25, -0.2) is 0 Å². The van der Waals surface area contributed by atoms with Crippen molar-refractivity contribution < 1.29 is 0 Å². The number of benzene rings is 1. The molecule has 0 N–H and O–H groups in total. The third-order valence-corrected chi connectivity index (χ3v) is 6.04. The number of likely N-dealkylation sites (tertiary alicyclic amines) is 1. The van der Waals surface area contributed by atoms with Crippen LogP contribution in [0.3, 0.4) is 0 Å². The van der Waals surface area contributed by atoms with Gasteiger partial charge in [0, 0.05) is 56.5 Å². The Morgan fingerprint density at radius 2 is 1.40 bits per heavy atom. The predicted molar refractivity (Wildman–Crippen MR) is 109 cm³/mol. The lowest BCUT2D eigenvalue weighted by molar-refractivity contribution is 0.139. The number of rotatable bonds is 2. The number of piperazine rings is 1. The summed E-state index contributed by atoms with van der Waals surface area (Å²) in [5.41, 5.74) is 3.35. The first-order valence-electron chi connectivity index (χ1n) is 9.99. The van der Waals surface area contributed by atoms with Crippen molar-refractivity contribution in [3.63, 3.8) is 0 Å². The second kappa shape index (κ2) is 6.92. The summed E-state index contributed by atoms with van der Waals surface area (Å²) in [4.78, 5) is 7.93. The van der Waals surface area contributed by atoms with Gasteiger partial charge in [0.25, 0.3) is 0 Å². The van der Waals surface area contributed by atoms with Gasteiger partial charge in [0.2, 0.25) is 0 Å². The molecule has 1 atom stereocenters. The lowest BCUT2D eigenvalue weighted by Gasteiger charge is -2.40. The van der Waals surface area contributed by atoms with Crippen molar-refractivity contribution >= 4 is 5.69 Å². The summed E-state index contributed by atoms with van der Waals surface area (Å²) >= 11 is 0. The van der Waals surface area contributed by atoms with Crippen molar-refractivity contribution in [2.45, 2.75) is 65.0 Å². The molecule has 0 aliphatic carbocycles. The first kappa shape index (κ1) is 18.7. The van der Waals surface area contributed by atoms with Crippen LogP contribution in [0, 0.1) is 0 Å². The van der Waals surface area contributed by atoms with Gasteiger partial charge in [-0.05, 0) is 50.3 Å². The van der Waals surface area contributed by atoms with E-state index in [2.05, 4.69) is 80.5 Å². The molecule has 3 nitrogen and oxygen atoms in total. The molecule has 0 spiro atoms. The second-order valence-corrected chi connectivity index (χ2v) is 9.88. The maximum Gasteiger partial charge on any atom is 0.0367 e. The molecule has 3 heteroatoms. The maximum absolute atomic E-state index is 2.73. The minimum atomic E-state index is 0.235. The molecule has 1 aromatic carbocycles. The molecule has 0 amide bonds. The fourth-order valence-corrected chi connectivity index (χ4v) is 4.17. The van der Waals surface area contributed by atoms with Gasteiger partial charge in [0.15, 0.2) is 0 Å². The standard InChI is InChI=1S/C22H37N3/c1-21(2,3)18-7-9-19(10-8-18)23-13-15-24(16-14-23)20-11-12-25(17-20)22(4,5)6/h7-10,20H,11-17H2,1-6H3. The summed E-state index contributed by atoms with van der Waals surface area (Å²) in [6.07, 6.45) is 1.33. The molecular formula is C22H37N3. The van der Waals surface area contributed by atoms with Crippen LogP contribution >= 0.6 is 0 Å². The van der Waals surface area contributed by atoms with E-state index in [0.717, 1.165) is 19.1 Å². The summed E-state index contributed by atoms with van der Waals surface area (Å²) in [6, 6.07) is 9.99. The molecule has 2 heterocycles. The SMILES string of the molecule is CC(C)(C)c1ccc(N2CCN(C3CCN(C(C)(C)C)C3)CC2)cc1. The minimum Gasteiger partial charge on any atom is -0.369 e. The van der Waals surface area contributed by atoms with Crippen LogP contribution in [-0.2, 0) is 5.41 Å². The van der Waals surface area contributed by atoms with Crippen molar-refractivity contribution in [1.82, 2.24) is 9.80 Å². The van der Waals surface area contributed by atoms with Crippen molar-refractivity contribution in [1.29, 1.82) is 0 Å². The summed E-state index contributed by atoms with van der Waals surface area (Å²) in [5, 5.41) is 0. The van der Waals surface area contributed by atoms with Crippen LogP contribution in [0.15, 0.2) is 24.3 Å². The molecule has 0 saturated carbocycles. The fourth-order valence-electron chi connectivity index (χ4n) is 4.17. The molecule has 0 aromatic heterocycles. The first-order valence-corrected chi connectivity index (χ1v) is 9.99. The van der Waals surface area contributed by atoms with Gasteiger partial charge in [-0.15, -0.1) is 0 Å². The van der Waals surface area contributed by atoms with E-state index in [1.54, 1.807) is 0 Å². The molecule has 140 valence electrons. The van der Waals surface area contributed by atoms with E-state index >= 15 is 0 Å². The van der Waals surface area contributed by atoms with E-state index in [-0.39, 0.29) is 5.41 Å². The second-order valence-electron chi connectivity index (χ2n) is 9.88. The quantitative estimate of drug-likeness (QED) is 0.804. The van der Waals surface area contributed by atoms with Crippen LogP contribution in [0.25, 0.3) is 0 Å². The van der Waals surface area contributed by atoms with E-state index in [1.165, 1.54) is 43.9 Å².